The molecule has 1 rings (SSSR count). The summed E-state index contributed by atoms with van der Waals surface area (Å²) in [4.78, 5) is 0. The molecule has 0 amide bonds. The number of ether oxygens (including phenoxy) is 1. The molecule has 0 spiro atoms. The lowest BCUT2D eigenvalue weighted by Gasteiger charge is -2.12. The minimum atomic E-state index is -2.79. The first-order valence-electron chi connectivity index (χ1n) is 5.43. The highest BCUT2D eigenvalue weighted by molar-refractivity contribution is 5.29. The fourth-order valence-electron chi connectivity index (χ4n) is 1.47. The predicted molar refractivity (Wildman–Crippen MR) is 64.1 cm³/mol. The van der Waals surface area contributed by atoms with E-state index in [-0.39, 0.29) is 11.8 Å². The Kier molecular flexibility index (Phi) is 5.10. The number of nitrogens with two attached hydrogens (primary N) is 1. The van der Waals surface area contributed by atoms with Crippen molar-refractivity contribution in [3.05, 3.63) is 42.0 Å². The second-order valence-corrected chi connectivity index (χ2v) is 4.05. The van der Waals surface area contributed by atoms with Crippen LogP contribution in [0.25, 0.3) is 0 Å². The molecule has 4 heteroatoms. The van der Waals surface area contributed by atoms with Crippen molar-refractivity contribution < 1.29 is 13.5 Å². The van der Waals surface area contributed by atoms with Gasteiger partial charge in [0.1, 0.15) is 5.75 Å². The van der Waals surface area contributed by atoms with Gasteiger partial charge in [0.25, 0.3) is 0 Å². The molecule has 1 aromatic carbocycles. The Morgan fingerprint density at radius 2 is 1.94 bits per heavy atom. The van der Waals surface area contributed by atoms with Gasteiger partial charge in [-0.2, -0.15) is 8.78 Å². The summed E-state index contributed by atoms with van der Waals surface area (Å²) in [5.74, 6) is 0.149. The van der Waals surface area contributed by atoms with Crippen LogP contribution in [-0.2, 0) is 0 Å². The van der Waals surface area contributed by atoms with Gasteiger partial charge in [0.2, 0.25) is 0 Å². The van der Waals surface area contributed by atoms with Gasteiger partial charge in [0, 0.05) is 6.04 Å². The molecule has 0 aromatic heterocycles. The summed E-state index contributed by atoms with van der Waals surface area (Å²) in [6, 6.07) is 6.32. The third-order valence-corrected chi connectivity index (χ3v) is 2.42. The lowest BCUT2D eigenvalue weighted by atomic mass is 10.0. The van der Waals surface area contributed by atoms with Gasteiger partial charge >= 0.3 is 6.61 Å². The van der Waals surface area contributed by atoms with Crippen molar-refractivity contribution in [3.8, 4) is 5.75 Å². The zero-order valence-electron chi connectivity index (χ0n) is 9.83. The van der Waals surface area contributed by atoms with Gasteiger partial charge in [-0.25, -0.2) is 0 Å². The van der Waals surface area contributed by atoms with Crippen LogP contribution in [0.4, 0.5) is 8.78 Å². The maximum Gasteiger partial charge on any atom is 0.387 e. The first-order chi connectivity index (χ1) is 7.99. The van der Waals surface area contributed by atoms with E-state index in [1.54, 1.807) is 12.1 Å². The molecule has 0 fully saturated rings. The molecule has 94 valence electrons. The summed E-state index contributed by atoms with van der Waals surface area (Å²) in [5.41, 5.74) is 7.96. The first kappa shape index (κ1) is 13.6. The summed E-state index contributed by atoms with van der Waals surface area (Å²) >= 11 is 0. The van der Waals surface area contributed by atoms with Crippen LogP contribution in [0.2, 0.25) is 0 Å². The van der Waals surface area contributed by atoms with Crippen LogP contribution in [0.3, 0.4) is 0 Å². The molecule has 1 aromatic rings. The average molecular weight is 241 g/mol. The minimum Gasteiger partial charge on any atom is -0.435 e. The summed E-state index contributed by atoms with van der Waals surface area (Å²) in [5, 5.41) is 0. The fraction of sp³-hybridized carbons (Fsp3) is 0.385. The topological polar surface area (TPSA) is 35.2 Å². The maximum atomic E-state index is 11.9. The molecule has 1 atom stereocenters. The highest BCUT2D eigenvalue weighted by Gasteiger charge is 2.08. The first-order valence-corrected chi connectivity index (χ1v) is 5.43. The molecule has 2 nitrogen and oxygen atoms in total. The van der Waals surface area contributed by atoms with Crippen molar-refractivity contribution >= 4 is 0 Å². The quantitative estimate of drug-likeness (QED) is 0.772. The molecule has 0 aliphatic carbocycles. The summed E-state index contributed by atoms with van der Waals surface area (Å²) in [6.07, 6.45) is 1.65. The van der Waals surface area contributed by atoms with E-state index in [4.69, 9.17) is 5.73 Å². The van der Waals surface area contributed by atoms with E-state index >= 15 is 0 Å². The summed E-state index contributed by atoms with van der Waals surface area (Å²) in [7, 11) is 0. The van der Waals surface area contributed by atoms with Crippen molar-refractivity contribution in [1.29, 1.82) is 0 Å². The van der Waals surface area contributed by atoms with Crippen LogP contribution in [0.1, 0.15) is 31.4 Å². The molecule has 0 aliphatic rings. The van der Waals surface area contributed by atoms with Crippen LogP contribution < -0.4 is 10.5 Å². The van der Waals surface area contributed by atoms with E-state index in [2.05, 4.69) is 11.3 Å². The highest BCUT2D eigenvalue weighted by atomic mass is 19.3. The van der Waals surface area contributed by atoms with Crippen molar-refractivity contribution in [1.82, 2.24) is 0 Å². The number of allylic oxidation sites excluding steroid dienone is 1. The molecule has 2 N–H and O–H groups in total. The predicted octanol–water partition coefficient (Wildman–Crippen LogP) is 3.64. The zero-order chi connectivity index (χ0) is 12.8. The van der Waals surface area contributed by atoms with Crippen LogP contribution >= 0.6 is 0 Å². The summed E-state index contributed by atoms with van der Waals surface area (Å²) < 4.78 is 28.1. The van der Waals surface area contributed by atoms with Gasteiger partial charge in [-0.05, 0) is 37.5 Å². The lowest BCUT2D eigenvalue weighted by molar-refractivity contribution is -0.0498. The number of alkyl halides is 2. The Morgan fingerprint density at radius 3 is 2.41 bits per heavy atom. The molecule has 1 unspecified atom stereocenters. The number of hydrogen-bond acceptors (Lipinski definition) is 2. The molecule has 0 saturated heterocycles. The van der Waals surface area contributed by atoms with E-state index in [0.29, 0.717) is 0 Å². The summed E-state index contributed by atoms with van der Waals surface area (Å²) in [6.45, 7) is 2.97. The Bertz CT molecular complexity index is 362. The molecule has 0 heterocycles. The third kappa shape index (κ3) is 4.95. The Morgan fingerprint density at radius 1 is 1.35 bits per heavy atom. The van der Waals surface area contributed by atoms with Crippen LogP contribution in [0.15, 0.2) is 36.4 Å². The Balaban J connectivity index is 2.57. The number of rotatable bonds is 6. The smallest absolute Gasteiger partial charge is 0.387 e. The van der Waals surface area contributed by atoms with Crippen molar-refractivity contribution in [2.75, 3.05) is 0 Å². The SMILES string of the molecule is C=C(C)CCC(N)c1ccc(OC(F)F)cc1. The normalized spacial score (nSPS) is 12.5. The Hall–Kier alpha value is -1.42. The van der Waals surface area contributed by atoms with E-state index < -0.39 is 6.61 Å². The number of hydrogen-bond donors (Lipinski definition) is 1. The number of halogens is 2. The van der Waals surface area contributed by atoms with E-state index in [1.165, 1.54) is 12.1 Å². The fourth-order valence-corrected chi connectivity index (χ4v) is 1.47. The lowest BCUT2D eigenvalue weighted by Crippen LogP contribution is -2.10. The monoisotopic (exact) mass is 241 g/mol. The number of benzene rings is 1. The van der Waals surface area contributed by atoms with Crippen molar-refractivity contribution in [2.45, 2.75) is 32.4 Å². The van der Waals surface area contributed by atoms with Gasteiger partial charge in [-0.3, -0.25) is 0 Å². The van der Waals surface area contributed by atoms with E-state index in [0.717, 1.165) is 24.0 Å². The molecular formula is C13H17F2NO. The largest absolute Gasteiger partial charge is 0.435 e. The van der Waals surface area contributed by atoms with Crippen LogP contribution in [0, 0.1) is 0 Å². The molecule has 0 radical (unpaired) electrons. The second-order valence-electron chi connectivity index (χ2n) is 4.05. The standard InChI is InChI=1S/C13H17F2NO/c1-9(2)3-8-12(16)10-4-6-11(7-5-10)17-13(14)15/h4-7,12-13H,1,3,8,16H2,2H3. The van der Waals surface area contributed by atoms with Gasteiger partial charge in [0.15, 0.2) is 0 Å². The van der Waals surface area contributed by atoms with Gasteiger partial charge in [-0.1, -0.05) is 17.7 Å². The Labute approximate surface area is 100 Å². The highest BCUT2D eigenvalue weighted by Crippen LogP contribution is 2.21. The van der Waals surface area contributed by atoms with Gasteiger partial charge in [-0.15, -0.1) is 6.58 Å². The molecule has 0 saturated carbocycles. The minimum absolute atomic E-state index is 0.104. The molecule has 0 bridgehead atoms. The van der Waals surface area contributed by atoms with Crippen molar-refractivity contribution in [3.63, 3.8) is 0 Å². The zero-order valence-corrected chi connectivity index (χ0v) is 9.83. The molecule has 0 aliphatic heterocycles. The average Bonchev–Trinajstić information content (AvgIpc) is 2.26. The van der Waals surface area contributed by atoms with Crippen LogP contribution in [-0.4, -0.2) is 6.61 Å². The van der Waals surface area contributed by atoms with E-state index in [9.17, 15) is 8.78 Å². The van der Waals surface area contributed by atoms with Crippen LogP contribution in [0.5, 0.6) is 5.75 Å². The molecule has 17 heavy (non-hydrogen) atoms. The second kappa shape index (κ2) is 6.35. The van der Waals surface area contributed by atoms with Crippen molar-refractivity contribution in [2.24, 2.45) is 5.73 Å². The molecular weight excluding hydrogens is 224 g/mol. The van der Waals surface area contributed by atoms with Gasteiger partial charge in [0.05, 0.1) is 0 Å². The third-order valence-electron chi connectivity index (χ3n) is 2.42. The maximum absolute atomic E-state index is 11.9. The van der Waals surface area contributed by atoms with E-state index in [1.807, 2.05) is 6.92 Å². The van der Waals surface area contributed by atoms with Gasteiger partial charge < -0.3 is 10.5 Å².